The van der Waals surface area contributed by atoms with Gasteiger partial charge in [0, 0.05) is 5.69 Å². The summed E-state index contributed by atoms with van der Waals surface area (Å²) in [6.07, 6.45) is 0.900. The predicted octanol–water partition coefficient (Wildman–Crippen LogP) is 4.27. The number of benzene rings is 1. The number of carbonyl (C=O) groups excluding carboxylic acids is 1. The molecule has 1 N–H and O–H groups in total. The van der Waals surface area contributed by atoms with Crippen molar-refractivity contribution in [1.82, 2.24) is 25.3 Å². The van der Waals surface area contributed by atoms with Crippen LogP contribution in [0.4, 0.5) is 0 Å². The first-order chi connectivity index (χ1) is 13.9. The summed E-state index contributed by atoms with van der Waals surface area (Å²) in [5, 5.41) is 16.8. The second-order valence-electron chi connectivity index (χ2n) is 7.52. The van der Waals surface area contributed by atoms with E-state index in [2.05, 4.69) is 46.6 Å². The molecular formula is C22H27N5OS. The van der Waals surface area contributed by atoms with E-state index in [1.54, 1.807) is 4.68 Å². The molecule has 0 bridgehead atoms. The van der Waals surface area contributed by atoms with Gasteiger partial charge in [0.2, 0.25) is 5.91 Å². The summed E-state index contributed by atoms with van der Waals surface area (Å²) in [6.45, 7) is 8.25. The normalized spacial score (nSPS) is 12.2. The van der Waals surface area contributed by atoms with E-state index in [1.807, 2.05) is 50.2 Å². The first kappa shape index (κ1) is 21.0. The van der Waals surface area contributed by atoms with E-state index in [4.69, 9.17) is 0 Å². The SMILES string of the molecule is Cc1cc(C)n(-c2ccc(SCC(=O)NC(CC(C)C)c3ccccc3)nn2)n1. The molecule has 0 saturated carbocycles. The molecule has 0 aliphatic heterocycles. The number of hydrogen-bond donors (Lipinski definition) is 1. The maximum atomic E-state index is 12.5. The Balaban J connectivity index is 1.58. The van der Waals surface area contributed by atoms with Crippen LogP contribution in [-0.2, 0) is 4.79 Å². The fourth-order valence-electron chi connectivity index (χ4n) is 3.17. The summed E-state index contributed by atoms with van der Waals surface area (Å²) in [4.78, 5) is 12.5. The minimum Gasteiger partial charge on any atom is -0.349 e. The highest BCUT2D eigenvalue weighted by molar-refractivity contribution is 7.99. The number of aromatic nitrogens is 4. The van der Waals surface area contributed by atoms with Crippen LogP contribution >= 0.6 is 11.8 Å². The van der Waals surface area contributed by atoms with Crippen molar-refractivity contribution < 1.29 is 4.79 Å². The second kappa shape index (κ2) is 9.69. The van der Waals surface area contributed by atoms with Gasteiger partial charge < -0.3 is 5.32 Å². The van der Waals surface area contributed by atoms with Crippen molar-refractivity contribution >= 4 is 17.7 Å². The molecule has 29 heavy (non-hydrogen) atoms. The zero-order valence-corrected chi connectivity index (χ0v) is 18.1. The molecular weight excluding hydrogens is 382 g/mol. The molecule has 6 nitrogen and oxygen atoms in total. The average Bonchev–Trinajstić information content (AvgIpc) is 3.04. The van der Waals surface area contributed by atoms with Crippen LogP contribution in [0.1, 0.15) is 43.3 Å². The van der Waals surface area contributed by atoms with E-state index >= 15 is 0 Å². The largest absolute Gasteiger partial charge is 0.349 e. The highest BCUT2D eigenvalue weighted by Gasteiger charge is 2.16. The van der Waals surface area contributed by atoms with Crippen LogP contribution < -0.4 is 5.32 Å². The third kappa shape index (κ3) is 5.90. The van der Waals surface area contributed by atoms with E-state index in [1.165, 1.54) is 11.8 Å². The summed E-state index contributed by atoms with van der Waals surface area (Å²) < 4.78 is 1.76. The van der Waals surface area contributed by atoms with E-state index in [0.717, 1.165) is 23.4 Å². The van der Waals surface area contributed by atoms with Crippen molar-refractivity contribution in [2.24, 2.45) is 5.92 Å². The van der Waals surface area contributed by atoms with E-state index in [-0.39, 0.29) is 11.9 Å². The molecule has 0 radical (unpaired) electrons. The first-order valence-corrected chi connectivity index (χ1v) is 10.8. The van der Waals surface area contributed by atoms with Crippen molar-refractivity contribution in [1.29, 1.82) is 0 Å². The molecule has 1 unspecified atom stereocenters. The number of rotatable bonds is 8. The zero-order valence-electron chi connectivity index (χ0n) is 17.3. The van der Waals surface area contributed by atoms with E-state index in [0.29, 0.717) is 22.5 Å². The smallest absolute Gasteiger partial charge is 0.230 e. The minimum absolute atomic E-state index is 0.00562. The highest BCUT2D eigenvalue weighted by atomic mass is 32.2. The standard InChI is InChI=1S/C22H27N5OS/c1-15(2)12-19(18-8-6-5-7-9-18)23-21(28)14-29-22-11-10-20(24-25-22)27-17(4)13-16(3)26-27/h5-11,13,15,19H,12,14H2,1-4H3,(H,23,28). The van der Waals surface area contributed by atoms with Gasteiger partial charge in [-0.25, -0.2) is 4.68 Å². The Hall–Kier alpha value is -2.67. The lowest BCUT2D eigenvalue weighted by Crippen LogP contribution is -2.30. The van der Waals surface area contributed by atoms with E-state index in [9.17, 15) is 4.79 Å². The van der Waals surface area contributed by atoms with Crippen molar-refractivity contribution in [3.63, 3.8) is 0 Å². The number of hydrogen-bond acceptors (Lipinski definition) is 5. The lowest BCUT2D eigenvalue weighted by Gasteiger charge is -2.21. The maximum absolute atomic E-state index is 12.5. The van der Waals surface area contributed by atoms with Gasteiger partial charge in [0.25, 0.3) is 0 Å². The van der Waals surface area contributed by atoms with Crippen molar-refractivity contribution in [2.75, 3.05) is 5.75 Å². The Morgan fingerprint density at radius 1 is 1.10 bits per heavy atom. The molecule has 3 aromatic rings. The number of carbonyl (C=O) groups is 1. The van der Waals surface area contributed by atoms with Crippen molar-refractivity contribution in [2.45, 2.75) is 45.2 Å². The fourth-order valence-corrected chi connectivity index (χ4v) is 3.80. The second-order valence-corrected chi connectivity index (χ2v) is 8.51. The van der Waals surface area contributed by atoms with Gasteiger partial charge in [0.15, 0.2) is 5.82 Å². The third-order valence-corrected chi connectivity index (χ3v) is 5.37. The molecule has 1 atom stereocenters. The number of amides is 1. The molecule has 2 aromatic heterocycles. The Bertz CT molecular complexity index is 938. The Labute approximate surface area is 176 Å². The van der Waals surface area contributed by atoms with Crippen LogP contribution in [0, 0.1) is 19.8 Å². The van der Waals surface area contributed by atoms with Crippen LogP contribution in [0.3, 0.4) is 0 Å². The molecule has 3 rings (SSSR count). The van der Waals surface area contributed by atoms with Crippen LogP contribution in [0.25, 0.3) is 5.82 Å². The van der Waals surface area contributed by atoms with Gasteiger partial charge in [0.1, 0.15) is 5.03 Å². The Morgan fingerprint density at radius 2 is 1.86 bits per heavy atom. The van der Waals surface area contributed by atoms with Gasteiger partial charge in [-0.2, -0.15) is 5.10 Å². The lowest BCUT2D eigenvalue weighted by molar-refractivity contribution is -0.119. The van der Waals surface area contributed by atoms with Crippen molar-refractivity contribution in [3.8, 4) is 5.82 Å². The molecule has 0 spiro atoms. The third-order valence-electron chi connectivity index (χ3n) is 4.45. The van der Waals surface area contributed by atoms with Gasteiger partial charge in [-0.05, 0) is 49.9 Å². The van der Waals surface area contributed by atoms with Gasteiger partial charge in [-0.1, -0.05) is 55.9 Å². The highest BCUT2D eigenvalue weighted by Crippen LogP contribution is 2.22. The summed E-state index contributed by atoms with van der Waals surface area (Å²) in [5.74, 6) is 1.45. The molecule has 0 saturated heterocycles. The van der Waals surface area contributed by atoms with Gasteiger partial charge >= 0.3 is 0 Å². The molecule has 2 heterocycles. The summed E-state index contributed by atoms with van der Waals surface area (Å²) in [6, 6.07) is 15.9. The molecule has 0 fully saturated rings. The van der Waals surface area contributed by atoms with E-state index < -0.39 is 0 Å². The Kier molecular flexibility index (Phi) is 7.04. The summed E-state index contributed by atoms with van der Waals surface area (Å²) in [7, 11) is 0. The zero-order chi connectivity index (χ0) is 20.8. The molecule has 7 heteroatoms. The Morgan fingerprint density at radius 3 is 2.45 bits per heavy atom. The molecule has 1 amide bonds. The number of aryl methyl sites for hydroxylation is 2. The van der Waals surface area contributed by atoms with Crippen molar-refractivity contribution in [3.05, 3.63) is 65.5 Å². The molecule has 152 valence electrons. The molecule has 1 aromatic carbocycles. The number of nitrogens with one attached hydrogen (secondary N) is 1. The number of thioether (sulfide) groups is 1. The predicted molar refractivity (Wildman–Crippen MR) is 116 cm³/mol. The summed E-state index contributed by atoms with van der Waals surface area (Å²) >= 11 is 1.38. The molecule has 0 aliphatic rings. The molecule has 0 aliphatic carbocycles. The van der Waals surface area contributed by atoms with Crippen LogP contribution in [-0.4, -0.2) is 31.6 Å². The maximum Gasteiger partial charge on any atom is 0.230 e. The average molecular weight is 410 g/mol. The monoisotopic (exact) mass is 409 g/mol. The van der Waals surface area contributed by atoms with Crippen LogP contribution in [0.5, 0.6) is 0 Å². The fraction of sp³-hybridized carbons (Fsp3) is 0.364. The van der Waals surface area contributed by atoms with Crippen LogP contribution in [0.2, 0.25) is 0 Å². The number of nitrogens with zero attached hydrogens (tertiary/aromatic N) is 4. The van der Waals surface area contributed by atoms with Gasteiger partial charge in [-0.15, -0.1) is 10.2 Å². The topological polar surface area (TPSA) is 72.7 Å². The quantitative estimate of drug-likeness (QED) is 0.562. The first-order valence-electron chi connectivity index (χ1n) is 9.77. The summed E-state index contributed by atoms with van der Waals surface area (Å²) in [5.41, 5.74) is 3.08. The lowest BCUT2D eigenvalue weighted by atomic mass is 9.97. The van der Waals surface area contributed by atoms with Gasteiger partial charge in [0.05, 0.1) is 17.5 Å². The van der Waals surface area contributed by atoms with Gasteiger partial charge in [-0.3, -0.25) is 4.79 Å². The van der Waals surface area contributed by atoms with Crippen LogP contribution in [0.15, 0.2) is 53.6 Å². The minimum atomic E-state index is -0.00562.